The van der Waals surface area contributed by atoms with Crippen LogP contribution in [0.2, 0.25) is 0 Å². The summed E-state index contributed by atoms with van der Waals surface area (Å²) >= 11 is 0. The highest BCUT2D eigenvalue weighted by atomic mass is 16.5. The lowest BCUT2D eigenvalue weighted by Gasteiger charge is -2.30. The number of ether oxygens (including phenoxy) is 1. The Hall–Kier alpha value is -2.82. The SMILES string of the molecule is CC[C@H](C)NC(=O)[C@H](C)N(Cc1ccc(OC)cc1)C(=O)Cc1cc(C)cc(C)c1. The molecule has 0 heterocycles. The summed E-state index contributed by atoms with van der Waals surface area (Å²) in [6.45, 7) is 10.2. The molecular weight excluding hydrogens is 376 g/mol. The first-order chi connectivity index (χ1) is 14.2. The number of amides is 2. The van der Waals surface area contributed by atoms with Crippen molar-refractivity contribution < 1.29 is 14.3 Å². The van der Waals surface area contributed by atoms with E-state index in [1.165, 1.54) is 0 Å². The normalized spacial score (nSPS) is 12.7. The van der Waals surface area contributed by atoms with Crippen molar-refractivity contribution in [3.63, 3.8) is 0 Å². The molecule has 0 saturated carbocycles. The zero-order chi connectivity index (χ0) is 22.3. The van der Waals surface area contributed by atoms with Crippen LogP contribution in [0.5, 0.6) is 5.75 Å². The number of aryl methyl sites for hydroxylation is 2. The molecule has 5 nitrogen and oxygen atoms in total. The van der Waals surface area contributed by atoms with E-state index in [1.54, 1.807) is 18.9 Å². The summed E-state index contributed by atoms with van der Waals surface area (Å²) in [5, 5.41) is 3.00. The number of benzene rings is 2. The van der Waals surface area contributed by atoms with Gasteiger partial charge in [-0.1, -0.05) is 48.4 Å². The zero-order valence-corrected chi connectivity index (χ0v) is 19.0. The molecular formula is C25H34N2O3. The second-order valence-corrected chi connectivity index (χ2v) is 8.04. The maximum atomic E-state index is 13.3. The first-order valence-electron chi connectivity index (χ1n) is 10.5. The van der Waals surface area contributed by atoms with Gasteiger partial charge in [-0.15, -0.1) is 0 Å². The molecule has 0 unspecified atom stereocenters. The van der Waals surface area contributed by atoms with Crippen LogP contribution in [0.4, 0.5) is 0 Å². The summed E-state index contributed by atoms with van der Waals surface area (Å²) < 4.78 is 5.22. The number of nitrogens with one attached hydrogen (secondary N) is 1. The quantitative estimate of drug-likeness (QED) is 0.674. The third kappa shape index (κ3) is 6.61. The molecule has 5 heteroatoms. The fraction of sp³-hybridized carbons (Fsp3) is 0.440. The molecule has 2 aromatic rings. The van der Waals surface area contributed by atoms with Gasteiger partial charge >= 0.3 is 0 Å². The van der Waals surface area contributed by atoms with Gasteiger partial charge in [0.15, 0.2) is 0 Å². The predicted octanol–water partition coefficient (Wildman–Crippen LogP) is 4.19. The number of carbonyl (C=O) groups is 2. The molecule has 0 spiro atoms. The van der Waals surface area contributed by atoms with Gasteiger partial charge in [0.1, 0.15) is 11.8 Å². The summed E-state index contributed by atoms with van der Waals surface area (Å²) in [4.78, 5) is 27.7. The molecule has 2 amide bonds. The van der Waals surface area contributed by atoms with Gasteiger partial charge in [0.2, 0.25) is 11.8 Å². The summed E-state index contributed by atoms with van der Waals surface area (Å²) in [5.74, 6) is 0.559. The van der Waals surface area contributed by atoms with Crippen molar-refractivity contribution >= 4 is 11.8 Å². The smallest absolute Gasteiger partial charge is 0.242 e. The Kier molecular flexibility index (Phi) is 8.46. The van der Waals surface area contributed by atoms with Crippen LogP contribution in [0.25, 0.3) is 0 Å². The van der Waals surface area contributed by atoms with Crippen molar-refractivity contribution in [2.45, 2.75) is 66.1 Å². The van der Waals surface area contributed by atoms with Crippen LogP contribution in [0.3, 0.4) is 0 Å². The van der Waals surface area contributed by atoms with Gasteiger partial charge in [-0.3, -0.25) is 9.59 Å². The van der Waals surface area contributed by atoms with Gasteiger partial charge in [-0.05, 0) is 57.4 Å². The van der Waals surface area contributed by atoms with Gasteiger partial charge < -0.3 is 15.0 Å². The predicted molar refractivity (Wildman–Crippen MR) is 121 cm³/mol. The summed E-state index contributed by atoms with van der Waals surface area (Å²) in [7, 11) is 1.62. The Morgan fingerprint density at radius 1 is 1.00 bits per heavy atom. The first kappa shape index (κ1) is 23.5. The molecule has 0 aliphatic rings. The molecule has 2 aromatic carbocycles. The van der Waals surface area contributed by atoms with Crippen LogP contribution in [0, 0.1) is 13.8 Å². The largest absolute Gasteiger partial charge is 0.497 e. The Balaban J connectivity index is 2.25. The van der Waals surface area contributed by atoms with Crippen LogP contribution in [-0.4, -0.2) is 35.9 Å². The van der Waals surface area contributed by atoms with E-state index in [0.717, 1.165) is 34.4 Å². The molecule has 0 radical (unpaired) electrons. The minimum Gasteiger partial charge on any atom is -0.497 e. The van der Waals surface area contributed by atoms with Crippen LogP contribution in [0.15, 0.2) is 42.5 Å². The summed E-state index contributed by atoms with van der Waals surface area (Å²) in [6.07, 6.45) is 1.10. The van der Waals surface area contributed by atoms with Crippen LogP contribution < -0.4 is 10.1 Å². The van der Waals surface area contributed by atoms with E-state index >= 15 is 0 Å². The Bertz CT molecular complexity index is 841. The molecule has 0 fully saturated rings. The van der Waals surface area contributed by atoms with Gasteiger partial charge in [0.25, 0.3) is 0 Å². The fourth-order valence-electron chi connectivity index (χ4n) is 3.42. The van der Waals surface area contributed by atoms with E-state index in [4.69, 9.17) is 4.74 Å². The average Bonchev–Trinajstić information content (AvgIpc) is 2.70. The van der Waals surface area contributed by atoms with E-state index in [-0.39, 0.29) is 24.3 Å². The second kappa shape index (κ2) is 10.8. The van der Waals surface area contributed by atoms with Crippen molar-refractivity contribution in [3.8, 4) is 5.75 Å². The van der Waals surface area contributed by atoms with Crippen LogP contribution >= 0.6 is 0 Å². The highest BCUT2D eigenvalue weighted by Crippen LogP contribution is 2.17. The number of carbonyl (C=O) groups excluding carboxylic acids is 2. The fourth-order valence-corrected chi connectivity index (χ4v) is 3.42. The van der Waals surface area contributed by atoms with Crippen LogP contribution in [0.1, 0.15) is 49.4 Å². The van der Waals surface area contributed by atoms with Gasteiger partial charge in [0, 0.05) is 12.6 Å². The molecule has 0 aliphatic carbocycles. The Labute approximate surface area is 180 Å². The molecule has 2 rings (SSSR count). The lowest BCUT2D eigenvalue weighted by molar-refractivity contribution is -0.140. The number of hydrogen-bond acceptors (Lipinski definition) is 3. The summed E-state index contributed by atoms with van der Waals surface area (Å²) in [5.41, 5.74) is 4.17. The molecule has 0 bridgehead atoms. The second-order valence-electron chi connectivity index (χ2n) is 8.04. The lowest BCUT2D eigenvalue weighted by Crippen LogP contribution is -2.49. The molecule has 0 aliphatic heterocycles. The monoisotopic (exact) mass is 410 g/mol. The molecule has 2 atom stereocenters. The van der Waals surface area contributed by atoms with Crippen molar-refractivity contribution in [1.82, 2.24) is 10.2 Å². The Morgan fingerprint density at radius 3 is 2.13 bits per heavy atom. The number of methoxy groups -OCH3 is 1. The molecule has 1 N–H and O–H groups in total. The van der Waals surface area contributed by atoms with E-state index < -0.39 is 6.04 Å². The molecule has 30 heavy (non-hydrogen) atoms. The number of rotatable bonds is 9. The van der Waals surface area contributed by atoms with Crippen molar-refractivity contribution in [1.29, 1.82) is 0 Å². The zero-order valence-electron chi connectivity index (χ0n) is 19.0. The topological polar surface area (TPSA) is 58.6 Å². The third-order valence-electron chi connectivity index (χ3n) is 5.32. The summed E-state index contributed by atoms with van der Waals surface area (Å²) in [6, 6.07) is 13.2. The average molecular weight is 411 g/mol. The van der Waals surface area contributed by atoms with Gasteiger partial charge in [0.05, 0.1) is 13.5 Å². The van der Waals surface area contributed by atoms with E-state index in [1.807, 2.05) is 64.1 Å². The lowest BCUT2D eigenvalue weighted by atomic mass is 10.0. The van der Waals surface area contributed by atoms with E-state index in [9.17, 15) is 9.59 Å². The van der Waals surface area contributed by atoms with Gasteiger partial charge in [-0.2, -0.15) is 0 Å². The minimum atomic E-state index is -0.570. The van der Waals surface area contributed by atoms with Crippen molar-refractivity contribution in [3.05, 3.63) is 64.7 Å². The Morgan fingerprint density at radius 2 is 1.60 bits per heavy atom. The van der Waals surface area contributed by atoms with E-state index in [2.05, 4.69) is 11.4 Å². The third-order valence-corrected chi connectivity index (χ3v) is 5.32. The highest BCUT2D eigenvalue weighted by Gasteiger charge is 2.27. The molecule has 0 saturated heterocycles. The molecule has 162 valence electrons. The first-order valence-corrected chi connectivity index (χ1v) is 10.5. The van der Waals surface area contributed by atoms with Crippen LogP contribution in [-0.2, 0) is 22.6 Å². The van der Waals surface area contributed by atoms with Crippen molar-refractivity contribution in [2.24, 2.45) is 0 Å². The molecule has 0 aromatic heterocycles. The van der Waals surface area contributed by atoms with Gasteiger partial charge in [-0.25, -0.2) is 0 Å². The maximum absolute atomic E-state index is 13.3. The minimum absolute atomic E-state index is 0.0670. The number of nitrogens with zero attached hydrogens (tertiary/aromatic N) is 1. The van der Waals surface area contributed by atoms with E-state index in [0.29, 0.717) is 6.54 Å². The highest BCUT2D eigenvalue weighted by molar-refractivity contribution is 5.88. The maximum Gasteiger partial charge on any atom is 0.242 e. The standard InChI is InChI=1S/C25H34N2O3/c1-7-19(4)26-25(29)20(5)27(16-21-8-10-23(30-6)11-9-21)24(28)15-22-13-17(2)12-18(3)14-22/h8-14,19-20H,7,15-16H2,1-6H3,(H,26,29)/t19-,20-/m0/s1. The number of hydrogen-bond donors (Lipinski definition) is 1. The van der Waals surface area contributed by atoms with Crippen molar-refractivity contribution in [2.75, 3.05) is 7.11 Å².